The summed E-state index contributed by atoms with van der Waals surface area (Å²) >= 11 is 9.28. The molecule has 0 fully saturated rings. The minimum atomic E-state index is -3.78. The number of pyridine rings is 1. The number of sulfonamides is 1. The van der Waals surface area contributed by atoms with Crippen LogP contribution in [0.4, 0.5) is 5.69 Å². The Morgan fingerprint density at radius 3 is 2.60 bits per heavy atom. The van der Waals surface area contributed by atoms with Gasteiger partial charge < -0.3 is 0 Å². The summed E-state index contributed by atoms with van der Waals surface area (Å²) in [5, 5.41) is 0.133. The first-order valence-electron chi connectivity index (χ1n) is 5.70. The molecule has 0 atom stereocenters. The van der Waals surface area contributed by atoms with Crippen molar-refractivity contribution in [2.45, 2.75) is 18.7 Å². The molecule has 106 valence electrons. The van der Waals surface area contributed by atoms with Crippen molar-refractivity contribution in [1.82, 2.24) is 4.98 Å². The van der Waals surface area contributed by atoms with Crippen LogP contribution in [0.25, 0.3) is 0 Å². The summed E-state index contributed by atoms with van der Waals surface area (Å²) in [7, 11) is -3.78. The lowest BCUT2D eigenvalue weighted by Crippen LogP contribution is -2.15. The van der Waals surface area contributed by atoms with Crippen LogP contribution in [0.5, 0.6) is 0 Å². The molecule has 1 heterocycles. The number of nitrogens with one attached hydrogen (secondary N) is 1. The van der Waals surface area contributed by atoms with Crippen LogP contribution in [0.3, 0.4) is 0 Å². The molecular formula is C13H12BrClN2O2S. The second-order valence-corrected chi connectivity index (χ2v) is 7.26. The van der Waals surface area contributed by atoms with Gasteiger partial charge in [-0.05, 0) is 53.0 Å². The number of benzene rings is 1. The third-order valence-electron chi connectivity index (χ3n) is 2.69. The number of aromatic nitrogens is 1. The van der Waals surface area contributed by atoms with E-state index in [0.717, 1.165) is 11.1 Å². The lowest BCUT2D eigenvalue weighted by molar-refractivity contribution is 0.601. The molecule has 2 rings (SSSR count). The molecule has 0 saturated heterocycles. The predicted molar refractivity (Wildman–Crippen MR) is 83.7 cm³/mol. The summed E-state index contributed by atoms with van der Waals surface area (Å²) in [5.41, 5.74) is 2.35. The minimum absolute atomic E-state index is 0.0476. The normalized spacial score (nSPS) is 11.4. The van der Waals surface area contributed by atoms with Gasteiger partial charge in [-0.1, -0.05) is 17.7 Å². The Labute approximate surface area is 131 Å². The molecular weight excluding hydrogens is 364 g/mol. The molecule has 0 radical (unpaired) electrons. The Balaban J connectivity index is 2.47. The number of anilines is 1. The van der Waals surface area contributed by atoms with Gasteiger partial charge in [0.15, 0.2) is 0 Å². The van der Waals surface area contributed by atoms with Gasteiger partial charge in [0.05, 0.1) is 10.7 Å². The maximum atomic E-state index is 12.4. The first kappa shape index (κ1) is 15.3. The van der Waals surface area contributed by atoms with Gasteiger partial charge in [0.2, 0.25) is 0 Å². The monoisotopic (exact) mass is 374 g/mol. The molecule has 20 heavy (non-hydrogen) atoms. The standard InChI is InChI=1S/C13H12BrClN2O2S/c1-8-5-9(2)13(10(14)6-8)17-20(18,19)12-7-16-4-3-11(12)15/h3-7,17H,1-2H3. The fourth-order valence-electron chi connectivity index (χ4n) is 1.80. The molecule has 0 aliphatic heterocycles. The average molecular weight is 376 g/mol. The van der Waals surface area contributed by atoms with E-state index in [9.17, 15) is 8.42 Å². The summed E-state index contributed by atoms with van der Waals surface area (Å²) in [4.78, 5) is 3.75. The molecule has 7 heteroatoms. The zero-order valence-electron chi connectivity index (χ0n) is 10.8. The van der Waals surface area contributed by atoms with E-state index >= 15 is 0 Å². The highest BCUT2D eigenvalue weighted by atomic mass is 79.9. The Bertz CT molecular complexity index is 740. The first-order chi connectivity index (χ1) is 9.31. The number of nitrogens with zero attached hydrogens (tertiary/aromatic N) is 1. The zero-order chi connectivity index (χ0) is 14.9. The Morgan fingerprint density at radius 2 is 2.00 bits per heavy atom. The van der Waals surface area contributed by atoms with Gasteiger partial charge in [-0.25, -0.2) is 8.42 Å². The van der Waals surface area contributed by atoms with E-state index in [1.807, 2.05) is 26.0 Å². The Kier molecular flexibility index (Phi) is 4.36. The minimum Gasteiger partial charge on any atom is -0.278 e. The van der Waals surface area contributed by atoms with Gasteiger partial charge in [0, 0.05) is 16.9 Å². The fourth-order valence-corrected chi connectivity index (χ4v) is 4.28. The van der Waals surface area contributed by atoms with Gasteiger partial charge in [-0.3, -0.25) is 9.71 Å². The summed E-state index contributed by atoms with van der Waals surface area (Å²) in [6.07, 6.45) is 2.66. The van der Waals surface area contributed by atoms with Gasteiger partial charge in [0.1, 0.15) is 4.90 Å². The second kappa shape index (κ2) is 5.71. The van der Waals surface area contributed by atoms with Crippen LogP contribution in [0.15, 0.2) is 40.0 Å². The molecule has 2 aromatic rings. The van der Waals surface area contributed by atoms with Crippen LogP contribution in [-0.2, 0) is 10.0 Å². The van der Waals surface area contributed by atoms with Crippen molar-refractivity contribution in [1.29, 1.82) is 0 Å². The van der Waals surface area contributed by atoms with Crippen molar-refractivity contribution >= 4 is 43.2 Å². The molecule has 1 aromatic carbocycles. The van der Waals surface area contributed by atoms with Crippen molar-refractivity contribution in [3.63, 3.8) is 0 Å². The Hall–Kier alpha value is -1.11. The molecule has 1 aromatic heterocycles. The van der Waals surface area contributed by atoms with Crippen LogP contribution in [-0.4, -0.2) is 13.4 Å². The molecule has 0 bridgehead atoms. The van der Waals surface area contributed by atoms with E-state index in [-0.39, 0.29) is 9.92 Å². The topological polar surface area (TPSA) is 59.1 Å². The smallest absolute Gasteiger partial charge is 0.264 e. The van der Waals surface area contributed by atoms with Crippen molar-refractivity contribution in [2.24, 2.45) is 0 Å². The fraction of sp³-hybridized carbons (Fsp3) is 0.154. The zero-order valence-corrected chi connectivity index (χ0v) is 14.0. The number of aryl methyl sites for hydroxylation is 2. The predicted octanol–water partition coefficient (Wildman–Crippen LogP) is 3.92. The number of halogens is 2. The Morgan fingerprint density at radius 1 is 1.30 bits per heavy atom. The molecule has 0 saturated carbocycles. The summed E-state index contributed by atoms with van der Waals surface area (Å²) in [6.45, 7) is 3.77. The second-order valence-electron chi connectivity index (χ2n) is 4.35. The SMILES string of the molecule is Cc1cc(C)c(NS(=O)(=O)c2cnccc2Cl)c(Br)c1. The van der Waals surface area contributed by atoms with Gasteiger partial charge >= 0.3 is 0 Å². The summed E-state index contributed by atoms with van der Waals surface area (Å²) in [5.74, 6) is 0. The average Bonchev–Trinajstić information content (AvgIpc) is 2.34. The highest BCUT2D eigenvalue weighted by Gasteiger charge is 2.20. The van der Waals surface area contributed by atoms with Crippen LogP contribution in [0, 0.1) is 13.8 Å². The maximum Gasteiger partial charge on any atom is 0.264 e. The molecule has 0 aliphatic rings. The van der Waals surface area contributed by atoms with E-state index in [1.54, 1.807) is 0 Å². The van der Waals surface area contributed by atoms with E-state index in [4.69, 9.17) is 11.6 Å². The first-order valence-corrected chi connectivity index (χ1v) is 8.36. The summed E-state index contributed by atoms with van der Waals surface area (Å²) < 4.78 is 27.9. The van der Waals surface area contributed by atoms with Crippen molar-refractivity contribution < 1.29 is 8.42 Å². The van der Waals surface area contributed by atoms with Crippen LogP contribution < -0.4 is 4.72 Å². The maximum absolute atomic E-state index is 12.4. The van der Waals surface area contributed by atoms with Gasteiger partial charge in [0.25, 0.3) is 10.0 Å². The third kappa shape index (κ3) is 3.13. The largest absolute Gasteiger partial charge is 0.278 e. The quantitative estimate of drug-likeness (QED) is 0.884. The van der Waals surface area contributed by atoms with Gasteiger partial charge in [-0.2, -0.15) is 0 Å². The van der Waals surface area contributed by atoms with E-state index < -0.39 is 10.0 Å². The van der Waals surface area contributed by atoms with E-state index in [1.165, 1.54) is 18.5 Å². The lowest BCUT2D eigenvalue weighted by atomic mass is 10.1. The van der Waals surface area contributed by atoms with Crippen LogP contribution >= 0.6 is 27.5 Å². The van der Waals surface area contributed by atoms with Crippen molar-refractivity contribution in [3.8, 4) is 0 Å². The molecule has 0 amide bonds. The van der Waals surface area contributed by atoms with Gasteiger partial charge in [-0.15, -0.1) is 0 Å². The number of rotatable bonds is 3. The van der Waals surface area contributed by atoms with Crippen molar-refractivity contribution in [3.05, 3.63) is 51.2 Å². The molecule has 0 spiro atoms. The van der Waals surface area contributed by atoms with Crippen molar-refractivity contribution in [2.75, 3.05) is 4.72 Å². The lowest BCUT2D eigenvalue weighted by Gasteiger charge is -2.13. The summed E-state index contributed by atoms with van der Waals surface area (Å²) in [6, 6.07) is 5.18. The van der Waals surface area contributed by atoms with E-state index in [2.05, 4.69) is 25.6 Å². The highest BCUT2D eigenvalue weighted by molar-refractivity contribution is 9.10. The molecule has 4 nitrogen and oxygen atoms in total. The van der Waals surface area contributed by atoms with Crippen LogP contribution in [0.2, 0.25) is 5.02 Å². The van der Waals surface area contributed by atoms with Crippen LogP contribution in [0.1, 0.15) is 11.1 Å². The van der Waals surface area contributed by atoms with E-state index in [0.29, 0.717) is 10.2 Å². The number of hydrogen-bond acceptors (Lipinski definition) is 3. The molecule has 0 unspecified atom stereocenters. The highest BCUT2D eigenvalue weighted by Crippen LogP contribution is 2.31. The molecule has 0 aliphatic carbocycles. The number of hydrogen-bond donors (Lipinski definition) is 1. The third-order valence-corrected chi connectivity index (χ3v) is 5.14. The molecule has 1 N–H and O–H groups in total.